The standard InChI is InChI=1S/C17H28N2O/c1-4-17(14-8-10-16(20-3)11-9-14)19(5-2)13-15-7-6-12-18-15/h8-11,15,17-18H,4-7,12-13H2,1-3H3. The van der Waals surface area contributed by atoms with Crippen molar-refractivity contribution in [3.05, 3.63) is 29.8 Å². The fourth-order valence-corrected chi connectivity index (χ4v) is 3.20. The molecular formula is C17H28N2O. The van der Waals surface area contributed by atoms with Crippen LogP contribution in [0, 0.1) is 0 Å². The highest BCUT2D eigenvalue weighted by Crippen LogP contribution is 2.26. The largest absolute Gasteiger partial charge is 0.497 e. The maximum Gasteiger partial charge on any atom is 0.118 e. The zero-order valence-corrected chi connectivity index (χ0v) is 13.1. The Balaban J connectivity index is 2.06. The maximum atomic E-state index is 5.25. The molecule has 112 valence electrons. The molecule has 0 radical (unpaired) electrons. The number of benzene rings is 1. The maximum absolute atomic E-state index is 5.25. The summed E-state index contributed by atoms with van der Waals surface area (Å²) in [5, 5.41) is 3.61. The fraction of sp³-hybridized carbons (Fsp3) is 0.647. The predicted octanol–water partition coefficient (Wildman–Crippen LogP) is 3.22. The lowest BCUT2D eigenvalue weighted by molar-refractivity contribution is 0.185. The minimum Gasteiger partial charge on any atom is -0.497 e. The summed E-state index contributed by atoms with van der Waals surface area (Å²) in [7, 11) is 1.72. The number of hydrogen-bond acceptors (Lipinski definition) is 3. The minimum absolute atomic E-state index is 0.508. The molecule has 1 aromatic rings. The molecule has 0 aromatic heterocycles. The van der Waals surface area contributed by atoms with Gasteiger partial charge in [0.15, 0.2) is 0 Å². The molecule has 0 amide bonds. The van der Waals surface area contributed by atoms with Crippen LogP contribution in [0.1, 0.15) is 44.7 Å². The molecule has 2 unspecified atom stereocenters. The molecular weight excluding hydrogens is 248 g/mol. The van der Waals surface area contributed by atoms with Crippen LogP contribution in [-0.4, -0.2) is 37.7 Å². The third-order valence-corrected chi connectivity index (χ3v) is 4.35. The predicted molar refractivity (Wildman–Crippen MR) is 84.3 cm³/mol. The van der Waals surface area contributed by atoms with Crippen molar-refractivity contribution < 1.29 is 4.74 Å². The average molecular weight is 276 g/mol. The lowest BCUT2D eigenvalue weighted by atomic mass is 10.0. The highest BCUT2D eigenvalue weighted by molar-refractivity contribution is 5.29. The smallest absolute Gasteiger partial charge is 0.118 e. The summed E-state index contributed by atoms with van der Waals surface area (Å²) in [5.41, 5.74) is 1.40. The van der Waals surface area contributed by atoms with E-state index < -0.39 is 0 Å². The molecule has 3 heteroatoms. The molecule has 0 saturated carbocycles. The van der Waals surface area contributed by atoms with Crippen LogP contribution in [0.2, 0.25) is 0 Å². The average Bonchev–Trinajstić information content (AvgIpc) is 3.00. The normalized spacial score (nSPS) is 20.3. The molecule has 0 spiro atoms. The summed E-state index contributed by atoms with van der Waals surface area (Å²) in [6.45, 7) is 7.98. The van der Waals surface area contributed by atoms with E-state index in [1.54, 1.807) is 7.11 Å². The first-order chi connectivity index (χ1) is 9.78. The Labute approximate surface area is 123 Å². The first-order valence-electron chi connectivity index (χ1n) is 7.89. The topological polar surface area (TPSA) is 24.5 Å². The Bertz CT molecular complexity index is 384. The second-order valence-electron chi connectivity index (χ2n) is 5.58. The van der Waals surface area contributed by atoms with Gasteiger partial charge in [0.1, 0.15) is 5.75 Å². The summed E-state index contributed by atoms with van der Waals surface area (Å²) in [6.07, 6.45) is 3.78. The zero-order chi connectivity index (χ0) is 14.4. The first kappa shape index (κ1) is 15.3. The Morgan fingerprint density at radius 2 is 2.05 bits per heavy atom. The van der Waals surface area contributed by atoms with E-state index in [0.717, 1.165) is 25.3 Å². The van der Waals surface area contributed by atoms with Crippen LogP contribution in [0.25, 0.3) is 0 Å². The Morgan fingerprint density at radius 3 is 2.55 bits per heavy atom. The van der Waals surface area contributed by atoms with Crippen molar-refractivity contribution in [2.45, 2.75) is 45.2 Å². The van der Waals surface area contributed by atoms with Gasteiger partial charge in [-0.05, 0) is 50.0 Å². The van der Waals surface area contributed by atoms with Crippen molar-refractivity contribution in [2.75, 3.05) is 26.7 Å². The van der Waals surface area contributed by atoms with E-state index in [-0.39, 0.29) is 0 Å². The van der Waals surface area contributed by atoms with Gasteiger partial charge in [0.25, 0.3) is 0 Å². The highest BCUT2D eigenvalue weighted by Gasteiger charge is 2.22. The Hall–Kier alpha value is -1.06. The van der Waals surface area contributed by atoms with Gasteiger partial charge in [0.05, 0.1) is 7.11 Å². The SMILES string of the molecule is CCC(c1ccc(OC)cc1)N(CC)CC1CCCN1. The van der Waals surface area contributed by atoms with Gasteiger partial charge < -0.3 is 10.1 Å². The zero-order valence-electron chi connectivity index (χ0n) is 13.1. The van der Waals surface area contributed by atoms with Crippen LogP contribution in [0.5, 0.6) is 5.75 Å². The van der Waals surface area contributed by atoms with E-state index in [1.165, 1.54) is 24.9 Å². The molecule has 0 aliphatic carbocycles. The van der Waals surface area contributed by atoms with Gasteiger partial charge in [-0.1, -0.05) is 26.0 Å². The van der Waals surface area contributed by atoms with E-state index in [1.807, 2.05) is 0 Å². The van der Waals surface area contributed by atoms with Crippen molar-refractivity contribution in [1.82, 2.24) is 10.2 Å². The Kier molecular flexibility index (Phi) is 5.86. The van der Waals surface area contributed by atoms with Gasteiger partial charge in [-0.2, -0.15) is 0 Å². The van der Waals surface area contributed by atoms with Crippen molar-refractivity contribution in [3.8, 4) is 5.75 Å². The first-order valence-corrected chi connectivity index (χ1v) is 7.89. The summed E-state index contributed by atoms with van der Waals surface area (Å²) in [6, 6.07) is 9.73. The van der Waals surface area contributed by atoms with Gasteiger partial charge in [0.2, 0.25) is 0 Å². The van der Waals surface area contributed by atoms with Crippen LogP contribution < -0.4 is 10.1 Å². The van der Waals surface area contributed by atoms with Gasteiger partial charge in [-0.3, -0.25) is 4.90 Å². The lowest BCUT2D eigenvalue weighted by Gasteiger charge is -2.32. The molecule has 20 heavy (non-hydrogen) atoms. The van der Waals surface area contributed by atoms with Crippen LogP contribution in [0.15, 0.2) is 24.3 Å². The fourth-order valence-electron chi connectivity index (χ4n) is 3.20. The molecule has 2 atom stereocenters. The second kappa shape index (κ2) is 7.65. The summed E-state index contributed by atoms with van der Waals surface area (Å²) in [4.78, 5) is 2.60. The number of ether oxygens (including phenoxy) is 1. The molecule has 2 rings (SSSR count). The lowest BCUT2D eigenvalue weighted by Crippen LogP contribution is -2.39. The third kappa shape index (κ3) is 3.74. The second-order valence-corrected chi connectivity index (χ2v) is 5.58. The van der Waals surface area contributed by atoms with Crippen LogP contribution >= 0.6 is 0 Å². The number of likely N-dealkylation sites (N-methyl/N-ethyl adjacent to an activating group) is 1. The number of methoxy groups -OCH3 is 1. The summed E-state index contributed by atoms with van der Waals surface area (Å²) < 4.78 is 5.25. The van der Waals surface area contributed by atoms with Crippen molar-refractivity contribution in [3.63, 3.8) is 0 Å². The van der Waals surface area contributed by atoms with Crippen LogP contribution in [-0.2, 0) is 0 Å². The molecule has 3 nitrogen and oxygen atoms in total. The minimum atomic E-state index is 0.508. The molecule has 1 aliphatic heterocycles. The number of nitrogens with zero attached hydrogens (tertiary/aromatic N) is 1. The molecule has 1 aliphatic rings. The number of hydrogen-bond donors (Lipinski definition) is 1. The molecule has 1 N–H and O–H groups in total. The van der Waals surface area contributed by atoms with Crippen molar-refractivity contribution >= 4 is 0 Å². The molecule has 1 saturated heterocycles. The number of rotatable bonds is 7. The van der Waals surface area contributed by atoms with Gasteiger partial charge >= 0.3 is 0 Å². The third-order valence-electron chi connectivity index (χ3n) is 4.35. The molecule has 0 bridgehead atoms. The van der Waals surface area contributed by atoms with Gasteiger partial charge in [0, 0.05) is 18.6 Å². The number of nitrogens with one attached hydrogen (secondary N) is 1. The van der Waals surface area contributed by atoms with Crippen molar-refractivity contribution in [1.29, 1.82) is 0 Å². The van der Waals surface area contributed by atoms with Gasteiger partial charge in [-0.15, -0.1) is 0 Å². The van der Waals surface area contributed by atoms with E-state index >= 15 is 0 Å². The quantitative estimate of drug-likeness (QED) is 0.827. The van der Waals surface area contributed by atoms with Crippen LogP contribution in [0.3, 0.4) is 0 Å². The highest BCUT2D eigenvalue weighted by atomic mass is 16.5. The van der Waals surface area contributed by atoms with E-state index in [2.05, 4.69) is 48.3 Å². The van der Waals surface area contributed by atoms with E-state index in [4.69, 9.17) is 4.74 Å². The summed E-state index contributed by atoms with van der Waals surface area (Å²) >= 11 is 0. The van der Waals surface area contributed by atoms with Crippen molar-refractivity contribution in [2.24, 2.45) is 0 Å². The molecule has 1 aromatic carbocycles. The van der Waals surface area contributed by atoms with E-state index in [0.29, 0.717) is 12.1 Å². The summed E-state index contributed by atoms with van der Waals surface area (Å²) in [5.74, 6) is 0.934. The van der Waals surface area contributed by atoms with Gasteiger partial charge in [-0.25, -0.2) is 0 Å². The van der Waals surface area contributed by atoms with Crippen LogP contribution in [0.4, 0.5) is 0 Å². The molecule has 1 fully saturated rings. The Morgan fingerprint density at radius 1 is 1.30 bits per heavy atom. The van der Waals surface area contributed by atoms with E-state index in [9.17, 15) is 0 Å². The monoisotopic (exact) mass is 276 g/mol. The molecule has 1 heterocycles.